The predicted molar refractivity (Wildman–Crippen MR) is 72.1 cm³/mol. The Bertz CT molecular complexity index is 376. The van der Waals surface area contributed by atoms with E-state index in [0.29, 0.717) is 0 Å². The third-order valence-corrected chi connectivity index (χ3v) is 3.69. The van der Waals surface area contributed by atoms with Crippen molar-refractivity contribution < 1.29 is 9.13 Å². The van der Waals surface area contributed by atoms with Crippen LogP contribution in [0.25, 0.3) is 0 Å². The maximum absolute atomic E-state index is 13.5. The molecule has 0 saturated heterocycles. The molecule has 1 aromatic rings. The molecule has 96 valence electrons. The molecule has 1 aromatic carbocycles. The molecule has 0 heterocycles. The quantitative estimate of drug-likeness (QED) is 0.898. The number of rotatable bonds is 4. The van der Waals surface area contributed by atoms with Crippen molar-refractivity contribution in [1.82, 2.24) is 0 Å². The Morgan fingerprint density at radius 3 is 2.53 bits per heavy atom. The number of ether oxygens (including phenoxy) is 1. The van der Waals surface area contributed by atoms with Gasteiger partial charge in [-0.05, 0) is 17.7 Å². The molecule has 0 aliphatic heterocycles. The van der Waals surface area contributed by atoms with Gasteiger partial charge in [0.1, 0.15) is 0 Å². The van der Waals surface area contributed by atoms with Gasteiger partial charge < -0.3 is 10.5 Å². The van der Waals surface area contributed by atoms with Gasteiger partial charge in [-0.15, -0.1) is 0 Å². The summed E-state index contributed by atoms with van der Waals surface area (Å²) in [6.45, 7) is 6.41. The van der Waals surface area contributed by atoms with E-state index in [-0.39, 0.29) is 22.4 Å². The Balaban J connectivity index is 2.69. The van der Waals surface area contributed by atoms with Crippen LogP contribution < -0.4 is 10.5 Å². The highest BCUT2D eigenvalue weighted by molar-refractivity contribution is 8.00. The van der Waals surface area contributed by atoms with Crippen LogP contribution in [0.3, 0.4) is 0 Å². The maximum atomic E-state index is 13.5. The summed E-state index contributed by atoms with van der Waals surface area (Å²) in [5, 5.41) is 0. The number of hydrogen-bond acceptors (Lipinski definition) is 3. The largest absolute Gasteiger partial charge is 0.494 e. The summed E-state index contributed by atoms with van der Waals surface area (Å²) in [4.78, 5) is 0. The first-order valence-corrected chi connectivity index (χ1v) is 6.55. The van der Waals surface area contributed by atoms with Gasteiger partial charge in [-0.1, -0.05) is 26.8 Å². The summed E-state index contributed by atoms with van der Waals surface area (Å²) >= 11 is 1.77. The van der Waals surface area contributed by atoms with Gasteiger partial charge in [-0.25, -0.2) is 4.39 Å². The highest BCUT2D eigenvalue weighted by Crippen LogP contribution is 2.28. The second-order valence-electron chi connectivity index (χ2n) is 4.92. The van der Waals surface area contributed by atoms with Crippen LogP contribution in [0.5, 0.6) is 5.75 Å². The molecular weight excluding hydrogens is 237 g/mol. The van der Waals surface area contributed by atoms with E-state index >= 15 is 0 Å². The molecular formula is C13H20FNOS. The minimum atomic E-state index is -0.360. The van der Waals surface area contributed by atoms with Crippen LogP contribution in [0, 0.1) is 5.82 Å². The minimum Gasteiger partial charge on any atom is -0.494 e. The Morgan fingerprint density at radius 2 is 2.06 bits per heavy atom. The maximum Gasteiger partial charge on any atom is 0.165 e. The Labute approximate surface area is 107 Å². The molecule has 17 heavy (non-hydrogen) atoms. The highest BCUT2D eigenvalue weighted by atomic mass is 32.2. The van der Waals surface area contributed by atoms with Gasteiger partial charge >= 0.3 is 0 Å². The molecule has 0 aromatic heterocycles. The average Bonchev–Trinajstić information content (AvgIpc) is 2.24. The smallest absolute Gasteiger partial charge is 0.165 e. The molecule has 2 nitrogen and oxygen atoms in total. The van der Waals surface area contributed by atoms with E-state index in [1.54, 1.807) is 17.8 Å². The highest BCUT2D eigenvalue weighted by Gasteiger charge is 2.15. The lowest BCUT2D eigenvalue weighted by Crippen LogP contribution is -2.18. The Morgan fingerprint density at radius 1 is 1.41 bits per heavy atom. The molecule has 1 unspecified atom stereocenters. The van der Waals surface area contributed by atoms with Crippen molar-refractivity contribution in [3.8, 4) is 5.75 Å². The van der Waals surface area contributed by atoms with Crippen LogP contribution in [0.2, 0.25) is 0 Å². The van der Waals surface area contributed by atoms with Crippen molar-refractivity contribution >= 4 is 11.8 Å². The third kappa shape index (κ3) is 4.56. The number of methoxy groups -OCH3 is 1. The fourth-order valence-electron chi connectivity index (χ4n) is 1.35. The molecule has 0 fully saturated rings. The van der Waals surface area contributed by atoms with Gasteiger partial charge in [0.05, 0.1) is 7.11 Å². The Kier molecular flexibility index (Phi) is 4.83. The SMILES string of the molecule is COc1ccc(C(N)CSC(C)(C)C)cc1F. The minimum absolute atomic E-state index is 0.153. The summed E-state index contributed by atoms with van der Waals surface area (Å²) < 4.78 is 18.5. The van der Waals surface area contributed by atoms with Crippen LogP contribution in [-0.4, -0.2) is 17.6 Å². The van der Waals surface area contributed by atoms with Gasteiger partial charge in [0.2, 0.25) is 0 Å². The van der Waals surface area contributed by atoms with Crippen molar-refractivity contribution in [1.29, 1.82) is 0 Å². The number of halogens is 1. The van der Waals surface area contributed by atoms with Crippen LogP contribution >= 0.6 is 11.8 Å². The van der Waals surface area contributed by atoms with Crippen molar-refractivity contribution in [2.75, 3.05) is 12.9 Å². The fourth-order valence-corrected chi connectivity index (χ4v) is 2.22. The van der Waals surface area contributed by atoms with Gasteiger partial charge in [0, 0.05) is 16.5 Å². The molecule has 1 rings (SSSR count). The lowest BCUT2D eigenvalue weighted by molar-refractivity contribution is 0.386. The number of thioether (sulfide) groups is 1. The first-order valence-electron chi connectivity index (χ1n) is 5.56. The van der Waals surface area contributed by atoms with E-state index in [2.05, 4.69) is 20.8 Å². The van der Waals surface area contributed by atoms with E-state index in [0.717, 1.165) is 11.3 Å². The van der Waals surface area contributed by atoms with Crippen LogP contribution in [0.4, 0.5) is 4.39 Å². The summed E-state index contributed by atoms with van der Waals surface area (Å²) in [6.07, 6.45) is 0. The topological polar surface area (TPSA) is 35.2 Å². The molecule has 0 aliphatic carbocycles. The number of hydrogen-bond donors (Lipinski definition) is 1. The van der Waals surface area contributed by atoms with Crippen LogP contribution in [-0.2, 0) is 0 Å². The van der Waals surface area contributed by atoms with E-state index < -0.39 is 0 Å². The molecule has 1 atom stereocenters. The lowest BCUT2D eigenvalue weighted by atomic mass is 10.1. The lowest BCUT2D eigenvalue weighted by Gasteiger charge is -2.21. The molecule has 0 amide bonds. The molecule has 0 saturated carbocycles. The zero-order valence-corrected chi connectivity index (χ0v) is 11.6. The average molecular weight is 257 g/mol. The standard InChI is InChI=1S/C13H20FNOS/c1-13(2,3)17-8-11(15)9-5-6-12(16-4)10(14)7-9/h5-7,11H,8,15H2,1-4H3. The summed E-state index contributed by atoms with van der Waals surface area (Å²) in [7, 11) is 1.45. The fraction of sp³-hybridized carbons (Fsp3) is 0.538. The van der Waals surface area contributed by atoms with E-state index in [1.807, 2.05) is 6.07 Å². The van der Waals surface area contributed by atoms with Gasteiger partial charge in [-0.3, -0.25) is 0 Å². The van der Waals surface area contributed by atoms with E-state index in [4.69, 9.17) is 10.5 Å². The number of benzene rings is 1. The Hall–Kier alpha value is -0.740. The predicted octanol–water partition coefficient (Wildman–Crippen LogP) is 3.37. The first-order chi connectivity index (χ1) is 7.83. The van der Waals surface area contributed by atoms with Crippen molar-refractivity contribution in [2.24, 2.45) is 5.73 Å². The molecule has 0 radical (unpaired) electrons. The molecule has 0 spiro atoms. The van der Waals surface area contributed by atoms with Crippen LogP contribution in [0.1, 0.15) is 32.4 Å². The van der Waals surface area contributed by atoms with Gasteiger partial charge in [0.25, 0.3) is 0 Å². The van der Waals surface area contributed by atoms with Crippen molar-refractivity contribution in [2.45, 2.75) is 31.6 Å². The van der Waals surface area contributed by atoms with Gasteiger partial charge in [0.15, 0.2) is 11.6 Å². The second kappa shape index (κ2) is 5.74. The second-order valence-corrected chi connectivity index (χ2v) is 6.77. The molecule has 0 bridgehead atoms. The van der Waals surface area contributed by atoms with Crippen LogP contribution in [0.15, 0.2) is 18.2 Å². The van der Waals surface area contributed by atoms with E-state index in [1.165, 1.54) is 13.2 Å². The van der Waals surface area contributed by atoms with E-state index in [9.17, 15) is 4.39 Å². The van der Waals surface area contributed by atoms with Crippen molar-refractivity contribution in [3.05, 3.63) is 29.6 Å². The summed E-state index contributed by atoms with van der Waals surface area (Å²) in [5.74, 6) is 0.667. The first kappa shape index (κ1) is 14.3. The normalized spacial score (nSPS) is 13.5. The monoisotopic (exact) mass is 257 g/mol. The van der Waals surface area contributed by atoms with Crippen molar-refractivity contribution in [3.63, 3.8) is 0 Å². The zero-order valence-electron chi connectivity index (χ0n) is 10.8. The summed E-state index contributed by atoms with van der Waals surface area (Å²) in [6, 6.07) is 4.73. The third-order valence-electron chi connectivity index (χ3n) is 2.30. The molecule has 0 aliphatic rings. The zero-order chi connectivity index (χ0) is 13.1. The molecule has 2 N–H and O–H groups in total. The van der Waals surface area contributed by atoms with Gasteiger partial charge in [-0.2, -0.15) is 11.8 Å². The molecule has 4 heteroatoms. The number of nitrogens with two attached hydrogens (primary N) is 1. The summed E-state index contributed by atoms with van der Waals surface area (Å²) in [5.41, 5.74) is 6.84.